The molecule has 0 radical (unpaired) electrons. The predicted octanol–water partition coefficient (Wildman–Crippen LogP) is 4.74. The third-order valence-corrected chi connectivity index (χ3v) is 5.36. The van der Waals surface area contributed by atoms with E-state index in [0.29, 0.717) is 10.8 Å². The summed E-state index contributed by atoms with van der Waals surface area (Å²) in [6, 6.07) is 0. The molecule has 1 aliphatic carbocycles. The molecule has 0 amide bonds. The lowest BCUT2D eigenvalue weighted by Crippen LogP contribution is -2.59. The quantitative estimate of drug-likeness (QED) is 0.598. The second kappa shape index (κ2) is 3.54. The first kappa shape index (κ1) is 12.1. The molecule has 0 aromatic heterocycles. The number of hydrogen-bond acceptors (Lipinski definition) is 0. The van der Waals surface area contributed by atoms with Gasteiger partial charge < -0.3 is 0 Å². The molecule has 0 N–H and O–H groups in total. The van der Waals surface area contributed by atoms with Gasteiger partial charge in [0.15, 0.2) is 0 Å². The zero-order valence-corrected chi connectivity index (χ0v) is 11.1. The van der Waals surface area contributed by atoms with E-state index in [1.54, 1.807) is 0 Å². The Morgan fingerprint density at radius 3 is 2.00 bits per heavy atom. The molecule has 84 valence electrons. The van der Waals surface area contributed by atoms with Gasteiger partial charge >= 0.3 is 0 Å². The van der Waals surface area contributed by atoms with Crippen LogP contribution in [0.15, 0.2) is 0 Å². The highest BCUT2D eigenvalue weighted by Crippen LogP contribution is 2.65. The van der Waals surface area contributed by atoms with Gasteiger partial charge in [-0.15, -0.1) is 0 Å². The third kappa shape index (κ3) is 1.42. The fraction of sp³-hybridized carbons (Fsp3) is 1.00. The van der Waals surface area contributed by atoms with Crippen molar-refractivity contribution < 1.29 is 0 Å². The van der Waals surface area contributed by atoms with E-state index in [0.717, 1.165) is 17.8 Å². The Kier molecular flexibility index (Phi) is 3.05. The average molecular weight is 196 g/mol. The number of hydrogen-bond donors (Lipinski definition) is 0. The Morgan fingerprint density at radius 2 is 1.64 bits per heavy atom. The lowest BCUT2D eigenvalue weighted by atomic mass is 9.40. The van der Waals surface area contributed by atoms with Crippen molar-refractivity contribution in [3.05, 3.63) is 0 Å². The van der Waals surface area contributed by atoms with Crippen molar-refractivity contribution in [2.45, 2.75) is 61.3 Å². The topological polar surface area (TPSA) is 0 Å². The summed E-state index contributed by atoms with van der Waals surface area (Å²) in [5, 5.41) is 0. The Bertz CT molecular complexity index is 199. The van der Waals surface area contributed by atoms with Crippen LogP contribution in [0.4, 0.5) is 0 Å². The molecule has 0 aromatic rings. The van der Waals surface area contributed by atoms with Gasteiger partial charge in [-0.2, -0.15) is 0 Å². The monoisotopic (exact) mass is 196 g/mol. The molecule has 0 aliphatic heterocycles. The van der Waals surface area contributed by atoms with Crippen LogP contribution in [-0.2, 0) is 0 Å². The molecule has 0 heterocycles. The third-order valence-electron chi connectivity index (χ3n) is 5.36. The number of rotatable bonds is 2. The maximum absolute atomic E-state index is 2.51. The lowest BCUT2D eigenvalue weighted by Gasteiger charge is -2.65. The van der Waals surface area contributed by atoms with Crippen LogP contribution in [0.2, 0.25) is 0 Å². The van der Waals surface area contributed by atoms with Crippen LogP contribution >= 0.6 is 0 Å². The Hall–Kier alpha value is 0. The summed E-state index contributed by atoms with van der Waals surface area (Å²) in [5.41, 5.74) is 1.02. The van der Waals surface area contributed by atoms with Crippen LogP contribution < -0.4 is 0 Å². The summed E-state index contributed by atoms with van der Waals surface area (Å²) in [4.78, 5) is 0. The van der Waals surface area contributed by atoms with E-state index in [1.165, 1.54) is 12.8 Å². The normalized spacial score (nSPS) is 43.5. The van der Waals surface area contributed by atoms with E-state index < -0.39 is 0 Å². The van der Waals surface area contributed by atoms with Gasteiger partial charge in [-0.25, -0.2) is 0 Å². The first-order valence-corrected chi connectivity index (χ1v) is 6.26. The second-order valence-corrected chi connectivity index (χ2v) is 6.58. The van der Waals surface area contributed by atoms with Crippen LogP contribution in [0, 0.1) is 28.6 Å². The average Bonchev–Trinajstić information content (AvgIpc) is 2.10. The Balaban J connectivity index is 2.86. The SMILES string of the molecule is CCCC1C(C)C(C)C1(C)C(C)(C)C. The molecular weight excluding hydrogens is 168 g/mol. The van der Waals surface area contributed by atoms with Crippen molar-refractivity contribution in [1.82, 2.24) is 0 Å². The molecule has 0 heteroatoms. The van der Waals surface area contributed by atoms with Crippen LogP contribution in [0.3, 0.4) is 0 Å². The maximum atomic E-state index is 2.51. The van der Waals surface area contributed by atoms with E-state index in [4.69, 9.17) is 0 Å². The molecule has 1 aliphatic rings. The van der Waals surface area contributed by atoms with Crippen molar-refractivity contribution >= 4 is 0 Å². The fourth-order valence-corrected chi connectivity index (χ4v) is 3.77. The zero-order valence-electron chi connectivity index (χ0n) is 11.1. The van der Waals surface area contributed by atoms with E-state index in [1.807, 2.05) is 0 Å². The molecule has 1 rings (SSSR count). The predicted molar refractivity (Wildman–Crippen MR) is 64.3 cm³/mol. The molecule has 0 saturated heterocycles. The van der Waals surface area contributed by atoms with Gasteiger partial charge in [0.05, 0.1) is 0 Å². The van der Waals surface area contributed by atoms with E-state index in [9.17, 15) is 0 Å². The van der Waals surface area contributed by atoms with Gasteiger partial charge in [0, 0.05) is 0 Å². The summed E-state index contributed by atoms with van der Waals surface area (Å²) in [7, 11) is 0. The zero-order chi connectivity index (χ0) is 11.1. The highest BCUT2D eigenvalue weighted by atomic mass is 14.6. The van der Waals surface area contributed by atoms with Crippen molar-refractivity contribution in [2.75, 3.05) is 0 Å². The smallest absolute Gasteiger partial charge is 0.0218 e. The second-order valence-electron chi connectivity index (χ2n) is 6.58. The highest BCUT2D eigenvalue weighted by molar-refractivity contribution is 5.07. The molecule has 0 aromatic carbocycles. The van der Waals surface area contributed by atoms with Crippen LogP contribution in [0.1, 0.15) is 61.3 Å². The van der Waals surface area contributed by atoms with E-state index in [2.05, 4.69) is 48.5 Å². The van der Waals surface area contributed by atoms with Crippen LogP contribution in [-0.4, -0.2) is 0 Å². The minimum Gasteiger partial charge on any atom is -0.0654 e. The lowest BCUT2D eigenvalue weighted by molar-refractivity contribution is -0.166. The largest absolute Gasteiger partial charge is 0.0654 e. The molecule has 0 nitrogen and oxygen atoms in total. The molecule has 0 bridgehead atoms. The van der Waals surface area contributed by atoms with Crippen LogP contribution in [0.25, 0.3) is 0 Å². The summed E-state index contributed by atoms with van der Waals surface area (Å²) in [6.07, 6.45) is 2.76. The van der Waals surface area contributed by atoms with Gasteiger partial charge in [-0.05, 0) is 35.0 Å². The van der Waals surface area contributed by atoms with Gasteiger partial charge in [0.25, 0.3) is 0 Å². The minimum atomic E-state index is 0.457. The summed E-state index contributed by atoms with van der Waals surface area (Å²) < 4.78 is 0. The van der Waals surface area contributed by atoms with Gasteiger partial charge in [0.1, 0.15) is 0 Å². The van der Waals surface area contributed by atoms with Gasteiger partial charge in [-0.1, -0.05) is 54.9 Å². The van der Waals surface area contributed by atoms with Crippen molar-refractivity contribution in [3.63, 3.8) is 0 Å². The maximum Gasteiger partial charge on any atom is -0.0218 e. The van der Waals surface area contributed by atoms with Crippen molar-refractivity contribution in [2.24, 2.45) is 28.6 Å². The highest BCUT2D eigenvalue weighted by Gasteiger charge is 2.58. The van der Waals surface area contributed by atoms with E-state index in [-0.39, 0.29) is 0 Å². The van der Waals surface area contributed by atoms with Crippen molar-refractivity contribution in [1.29, 1.82) is 0 Å². The molecule has 1 saturated carbocycles. The van der Waals surface area contributed by atoms with Crippen molar-refractivity contribution in [3.8, 4) is 0 Å². The molecule has 4 unspecified atom stereocenters. The molecule has 1 fully saturated rings. The molecular formula is C14H28. The summed E-state index contributed by atoms with van der Waals surface area (Å²) >= 11 is 0. The molecule has 14 heavy (non-hydrogen) atoms. The van der Waals surface area contributed by atoms with E-state index >= 15 is 0 Å². The Morgan fingerprint density at radius 1 is 1.14 bits per heavy atom. The molecule has 0 spiro atoms. The molecule has 4 atom stereocenters. The van der Waals surface area contributed by atoms with Crippen LogP contribution in [0.5, 0.6) is 0 Å². The minimum absolute atomic E-state index is 0.457. The summed E-state index contributed by atoms with van der Waals surface area (Å²) in [5.74, 6) is 2.76. The van der Waals surface area contributed by atoms with Gasteiger partial charge in [-0.3, -0.25) is 0 Å². The standard InChI is InChI=1S/C14H28/c1-8-9-12-10(2)11(3)14(12,7)13(4,5)6/h10-12H,8-9H2,1-7H3. The fourth-order valence-electron chi connectivity index (χ4n) is 3.77. The summed E-state index contributed by atoms with van der Waals surface area (Å²) in [6.45, 7) is 17.0. The van der Waals surface area contributed by atoms with Gasteiger partial charge in [0.2, 0.25) is 0 Å². The first-order valence-electron chi connectivity index (χ1n) is 6.26. The Labute approximate surface area is 90.5 Å². The first-order chi connectivity index (χ1) is 6.26.